The predicted octanol–water partition coefficient (Wildman–Crippen LogP) is 6.15. The Bertz CT molecular complexity index is 600. The zero-order valence-electron chi connectivity index (χ0n) is 8.45. The van der Waals surface area contributed by atoms with Gasteiger partial charge in [0.05, 0.1) is 25.1 Å². The van der Waals surface area contributed by atoms with E-state index in [1.807, 2.05) is 0 Å². The first kappa shape index (κ1) is 14.2. The Morgan fingerprint density at radius 2 is 1.33 bits per heavy atom. The van der Waals surface area contributed by atoms with Crippen molar-refractivity contribution in [3.63, 3.8) is 0 Å². The van der Waals surface area contributed by atoms with Gasteiger partial charge in [0.15, 0.2) is 0 Å². The highest BCUT2D eigenvalue weighted by atomic mass is 35.5. The number of halogens is 6. The van der Waals surface area contributed by atoms with Crippen LogP contribution in [0.3, 0.4) is 0 Å². The molecule has 2 rings (SSSR count). The number of nitrogens with zero attached hydrogens (tertiary/aromatic N) is 1. The summed E-state index contributed by atoms with van der Waals surface area (Å²) in [5.74, 6) is -0.587. The van der Waals surface area contributed by atoms with Crippen LogP contribution >= 0.6 is 58.0 Å². The molecule has 0 N–H and O–H groups in total. The molecule has 0 aliphatic carbocycles. The molecule has 1 aromatic carbocycles. The zero-order chi connectivity index (χ0) is 13.4. The van der Waals surface area contributed by atoms with Crippen LogP contribution in [0.5, 0.6) is 0 Å². The number of pyridine rings is 1. The molecule has 0 radical (unpaired) electrons. The molecule has 0 aliphatic heterocycles. The molecule has 0 aliphatic rings. The second kappa shape index (κ2) is 5.40. The molecule has 0 atom stereocenters. The van der Waals surface area contributed by atoms with Crippen molar-refractivity contribution in [3.8, 4) is 11.3 Å². The fourth-order valence-corrected chi connectivity index (χ4v) is 2.70. The number of hydrogen-bond acceptors (Lipinski definition) is 1. The summed E-state index contributed by atoms with van der Waals surface area (Å²) in [7, 11) is 0. The first-order valence-corrected chi connectivity index (χ1v) is 6.46. The maximum atomic E-state index is 13.7. The van der Waals surface area contributed by atoms with Crippen molar-refractivity contribution in [2.45, 2.75) is 0 Å². The minimum atomic E-state index is -0.587. The van der Waals surface area contributed by atoms with Crippen LogP contribution in [-0.2, 0) is 0 Å². The van der Waals surface area contributed by atoms with Crippen LogP contribution in [0, 0.1) is 5.82 Å². The average Bonchev–Trinajstić information content (AvgIpc) is 2.36. The van der Waals surface area contributed by atoms with Gasteiger partial charge in [-0.2, -0.15) is 0 Å². The van der Waals surface area contributed by atoms with Crippen molar-refractivity contribution < 1.29 is 4.39 Å². The van der Waals surface area contributed by atoms with Gasteiger partial charge in [-0.15, -0.1) is 0 Å². The Kier molecular flexibility index (Phi) is 4.25. The van der Waals surface area contributed by atoms with E-state index in [-0.39, 0.29) is 36.4 Å². The second-order valence-electron chi connectivity index (χ2n) is 3.28. The van der Waals surface area contributed by atoms with Crippen LogP contribution in [0.15, 0.2) is 18.3 Å². The largest absolute Gasteiger partial charge is 0.253 e. The molecule has 0 bridgehead atoms. The molecule has 7 heteroatoms. The number of rotatable bonds is 1. The summed E-state index contributed by atoms with van der Waals surface area (Å²) >= 11 is 29.7. The Hall–Kier alpha value is -0.250. The van der Waals surface area contributed by atoms with E-state index >= 15 is 0 Å². The molecule has 0 saturated heterocycles. The van der Waals surface area contributed by atoms with Gasteiger partial charge in [-0.1, -0.05) is 58.0 Å². The van der Waals surface area contributed by atoms with Gasteiger partial charge >= 0.3 is 0 Å². The fourth-order valence-electron chi connectivity index (χ4n) is 1.38. The molecular formula is C11H3Cl5FN. The van der Waals surface area contributed by atoms with E-state index in [0.717, 1.165) is 0 Å². The predicted molar refractivity (Wildman–Crippen MR) is 74.7 cm³/mol. The Morgan fingerprint density at radius 3 is 1.83 bits per heavy atom. The van der Waals surface area contributed by atoms with Crippen LogP contribution in [0.2, 0.25) is 25.1 Å². The van der Waals surface area contributed by atoms with Crippen LogP contribution < -0.4 is 0 Å². The molecule has 0 saturated carbocycles. The van der Waals surface area contributed by atoms with Crippen molar-refractivity contribution in [2.75, 3.05) is 0 Å². The van der Waals surface area contributed by atoms with Crippen LogP contribution in [0.4, 0.5) is 4.39 Å². The summed E-state index contributed by atoms with van der Waals surface area (Å²) in [5.41, 5.74) is 0.0869. The van der Waals surface area contributed by atoms with E-state index in [1.54, 1.807) is 0 Å². The van der Waals surface area contributed by atoms with E-state index in [1.165, 1.54) is 18.3 Å². The van der Waals surface area contributed by atoms with Crippen LogP contribution in [0.25, 0.3) is 11.3 Å². The third kappa shape index (κ3) is 2.28. The van der Waals surface area contributed by atoms with Gasteiger partial charge in [0.1, 0.15) is 11.5 Å². The monoisotopic (exact) mass is 343 g/mol. The SMILES string of the molecule is Fc1cccnc1-c1c(Cl)c(Cl)c(Cl)c(Cl)c1Cl. The molecule has 18 heavy (non-hydrogen) atoms. The van der Waals surface area contributed by atoms with E-state index < -0.39 is 5.82 Å². The van der Waals surface area contributed by atoms with Gasteiger partial charge in [-0.3, -0.25) is 4.98 Å². The lowest BCUT2D eigenvalue weighted by molar-refractivity contribution is 0.626. The average molecular weight is 345 g/mol. The van der Waals surface area contributed by atoms with Gasteiger partial charge in [0.2, 0.25) is 0 Å². The summed E-state index contributed by atoms with van der Waals surface area (Å²) < 4.78 is 13.7. The van der Waals surface area contributed by atoms with E-state index in [4.69, 9.17) is 58.0 Å². The Balaban J connectivity index is 2.85. The summed E-state index contributed by atoms with van der Waals surface area (Å²) in [5, 5.41) is 0.0522. The first-order chi connectivity index (χ1) is 8.45. The standard InChI is InChI=1S/C11H3Cl5FN/c12-6-5(11-4(17)2-1-3-18-11)7(13)9(15)10(16)8(6)14/h1-3H. The highest BCUT2D eigenvalue weighted by Crippen LogP contribution is 2.48. The minimum absolute atomic E-state index is 0.00721. The summed E-state index contributed by atoms with van der Waals surface area (Å²) in [4.78, 5) is 3.88. The van der Waals surface area contributed by atoms with Gasteiger partial charge in [-0.25, -0.2) is 4.39 Å². The first-order valence-electron chi connectivity index (χ1n) is 4.57. The quantitative estimate of drug-likeness (QED) is 0.446. The van der Waals surface area contributed by atoms with Gasteiger partial charge in [-0.05, 0) is 12.1 Å². The lowest BCUT2D eigenvalue weighted by Gasteiger charge is -2.12. The molecule has 1 nitrogen and oxygen atoms in total. The number of hydrogen-bond donors (Lipinski definition) is 0. The summed E-state index contributed by atoms with van der Waals surface area (Å²) in [6.45, 7) is 0. The third-order valence-electron chi connectivity index (χ3n) is 2.21. The highest BCUT2D eigenvalue weighted by Gasteiger charge is 2.22. The van der Waals surface area contributed by atoms with Crippen molar-refractivity contribution >= 4 is 58.0 Å². The normalized spacial score (nSPS) is 10.8. The van der Waals surface area contributed by atoms with Crippen molar-refractivity contribution in [1.82, 2.24) is 4.98 Å². The molecule has 1 aromatic heterocycles. The second-order valence-corrected chi connectivity index (χ2v) is 5.17. The smallest absolute Gasteiger partial charge is 0.149 e. The van der Waals surface area contributed by atoms with Crippen molar-refractivity contribution in [1.29, 1.82) is 0 Å². The Morgan fingerprint density at radius 1 is 0.833 bits per heavy atom. The Labute approximate surface area is 127 Å². The third-order valence-corrected chi connectivity index (χ3v) is 4.48. The van der Waals surface area contributed by atoms with Crippen molar-refractivity contribution in [2.24, 2.45) is 0 Å². The van der Waals surface area contributed by atoms with Gasteiger partial charge in [0.25, 0.3) is 0 Å². The van der Waals surface area contributed by atoms with E-state index in [9.17, 15) is 4.39 Å². The molecule has 0 amide bonds. The summed E-state index contributed by atoms with van der Waals surface area (Å²) in [6.07, 6.45) is 1.40. The number of aromatic nitrogens is 1. The molecule has 1 heterocycles. The molecule has 0 unspecified atom stereocenters. The van der Waals surface area contributed by atoms with Crippen molar-refractivity contribution in [3.05, 3.63) is 49.3 Å². The van der Waals surface area contributed by atoms with Gasteiger partial charge in [0, 0.05) is 11.8 Å². The lowest BCUT2D eigenvalue weighted by atomic mass is 10.1. The number of benzene rings is 1. The van der Waals surface area contributed by atoms with Gasteiger partial charge < -0.3 is 0 Å². The van der Waals surface area contributed by atoms with Crippen LogP contribution in [0.1, 0.15) is 0 Å². The maximum Gasteiger partial charge on any atom is 0.149 e. The van der Waals surface area contributed by atoms with E-state index in [0.29, 0.717) is 0 Å². The zero-order valence-corrected chi connectivity index (χ0v) is 12.2. The molecular weight excluding hydrogens is 342 g/mol. The topological polar surface area (TPSA) is 12.9 Å². The lowest BCUT2D eigenvalue weighted by Crippen LogP contribution is -1.92. The van der Waals surface area contributed by atoms with E-state index in [2.05, 4.69) is 4.98 Å². The molecule has 0 fully saturated rings. The maximum absolute atomic E-state index is 13.7. The summed E-state index contributed by atoms with van der Waals surface area (Å²) in [6, 6.07) is 2.67. The molecule has 0 spiro atoms. The highest BCUT2D eigenvalue weighted by molar-refractivity contribution is 6.56. The molecule has 94 valence electrons. The fraction of sp³-hybridized carbons (Fsp3) is 0. The van der Waals surface area contributed by atoms with Crippen LogP contribution in [-0.4, -0.2) is 4.98 Å². The minimum Gasteiger partial charge on any atom is -0.253 e. The molecule has 2 aromatic rings.